The molecule has 3 heterocycles. The molecule has 1 aromatic heterocycles. The van der Waals surface area contributed by atoms with E-state index in [9.17, 15) is 14.7 Å². The van der Waals surface area contributed by atoms with Crippen LogP contribution in [0.1, 0.15) is 6.23 Å². The Hall–Kier alpha value is -2.13. The van der Waals surface area contributed by atoms with Gasteiger partial charge in [-0.25, -0.2) is 4.79 Å². The van der Waals surface area contributed by atoms with E-state index < -0.39 is 41.8 Å². The van der Waals surface area contributed by atoms with Crippen LogP contribution < -0.4 is 11.2 Å². The van der Waals surface area contributed by atoms with Crippen molar-refractivity contribution in [1.29, 1.82) is 0 Å². The van der Waals surface area contributed by atoms with Crippen molar-refractivity contribution in [2.24, 2.45) is 5.11 Å². The van der Waals surface area contributed by atoms with Crippen LogP contribution in [0.3, 0.4) is 0 Å². The predicted molar refractivity (Wildman–Crippen MR) is 63.9 cm³/mol. The van der Waals surface area contributed by atoms with Crippen molar-refractivity contribution in [3.05, 3.63) is 43.5 Å². The van der Waals surface area contributed by atoms with Crippen molar-refractivity contribution < 1.29 is 14.6 Å². The van der Waals surface area contributed by atoms with Crippen molar-refractivity contribution in [3.63, 3.8) is 0 Å². The Labute approximate surface area is 111 Å². The summed E-state index contributed by atoms with van der Waals surface area (Å²) in [4.78, 5) is 27.6. The number of aromatic amines is 1. The first-order valence-electron chi connectivity index (χ1n) is 5.87. The second-order valence-electron chi connectivity index (χ2n) is 4.67. The molecular weight excluding hydrogens is 270 g/mol. The average Bonchev–Trinajstić information content (AvgIpc) is 2.92. The van der Waals surface area contributed by atoms with Gasteiger partial charge in [-0.05, 0) is 5.53 Å². The molecule has 2 bridgehead atoms. The maximum absolute atomic E-state index is 11.8. The molecule has 4 atom stereocenters. The van der Waals surface area contributed by atoms with Crippen molar-refractivity contribution in [1.82, 2.24) is 9.55 Å². The van der Waals surface area contributed by atoms with Gasteiger partial charge in [0, 0.05) is 17.2 Å². The van der Waals surface area contributed by atoms with Gasteiger partial charge in [-0.2, -0.15) is 0 Å². The van der Waals surface area contributed by atoms with Gasteiger partial charge in [0.05, 0.1) is 13.2 Å². The minimum Gasteiger partial charge on any atom is -0.393 e. The first kappa shape index (κ1) is 12.9. The number of aliphatic hydroxyl groups excluding tert-OH is 1. The van der Waals surface area contributed by atoms with Crippen LogP contribution in [0.15, 0.2) is 27.0 Å². The lowest BCUT2D eigenvalue weighted by Gasteiger charge is -2.29. The maximum atomic E-state index is 11.8. The Kier molecular flexibility index (Phi) is 2.87. The summed E-state index contributed by atoms with van der Waals surface area (Å²) in [7, 11) is 0. The lowest BCUT2D eigenvalue weighted by Crippen LogP contribution is -2.44. The van der Waals surface area contributed by atoms with Crippen molar-refractivity contribution in [2.45, 2.75) is 24.0 Å². The summed E-state index contributed by atoms with van der Waals surface area (Å²) < 4.78 is 12.3. The van der Waals surface area contributed by atoms with Gasteiger partial charge >= 0.3 is 5.69 Å². The zero-order valence-corrected chi connectivity index (χ0v) is 10.2. The molecule has 1 aromatic rings. The number of H-pyrrole nitrogens is 1. The van der Waals surface area contributed by atoms with Gasteiger partial charge in [0.15, 0.2) is 6.23 Å². The standard InChI is InChI=1S/C10H11N5O5/c11-14-13-7-6-8(20-10(7,3-16)4-19-6)15-2-1-5(17)12-9(15)18/h1-2,6-8,16H,3-4H2,(H,12,17,18)/t6-,7?,8-,10+/m1/s1. The Bertz CT molecular complexity index is 692. The van der Waals surface area contributed by atoms with E-state index in [1.807, 2.05) is 0 Å². The molecule has 2 aliphatic rings. The number of hydrogen-bond acceptors (Lipinski definition) is 6. The lowest BCUT2D eigenvalue weighted by atomic mass is 9.98. The van der Waals surface area contributed by atoms with Crippen LogP contribution in [0.4, 0.5) is 0 Å². The molecule has 2 N–H and O–H groups in total. The summed E-state index contributed by atoms with van der Waals surface area (Å²) in [5.74, 6) is 0. The van der Waals surface area contributed by atoms with Crippen LogP contribution >= 0.6 is 0 Å². The Morgan fingerprint density at radius 2 is 2.45 bits per heavy atom. The van der Waals surface area contributed by atoms with E-state index in [2.05, 4.69) is 15.0 Å². The maximum Gasteiger partial charge on any atom is 0.330 e. The molecule has 0 saturated carbocycles. The summed E-state index contributed by atoms with van der Waals surface area (Å²) in [6, 6.07) is 0.437. The summed E-state index contributed by atoms with van der Waals surface area (Å²) >= 11 is 0. The molecule has 0 amide bonds. The fourth-order valence-corrected chi connectivity index (χ4v) is 2.61. The molecule has 10 heteroatoms. The first-order valence-corrected chi connectivity index (χ1v) is 5.87. The highest BCUT2D eigenvalue weighted by Gasteiger charge is 2.61. The molecule has 106 valence electrons. The lowest BCUT2D eigenvalue weighted by molar-refractivity contribution is -0.185. The summed E-state index contributed by atoms with van der Waals surface area (Å²) in [6.45, 7) is -0.325. The van der Waals surface area contributed by atoms with E-state index >= 15 is 0 Å². The fraction of sp³-hybridized carbons (Fsp3) is 0.600. The van der Waals surface area contributed by atoms with Crippen LogP contribution in [-0.2, 0) is 9.47 Å². The molecule has 10 nitrogen and oxygen atoms in total. The highest BCUT2D eigenvalue weighted by atomic mass is 16.6. The summed E-state index contributed by atoms with van der Waals surface area (Å²) in [6.07, 6.45) is -0.286. The number of nitrogens with zero attached hydrogens (tertiary/aromatic N) is 4. The second kappa shape index (κ2) is 4.46. The number of ether oxygens (including phenoxy) is 2. The number of azide groups is 1. The third-order valence-electron chi connectivity index (χ3n) is 3.58. The number of aliphatic hydroxyl groups is 1. The molecule has 0 radical (unpaired) electrons. The third kappa shape index (κ3) is 1.67. The van der Waals surface area contributed by atoms with Crippen LogP contribution in [-0.4, -0.2) is 45.6 Å². The van der Waals surface area contributed by atoms with Crippen LogP contribution in [0.25, 0.3) is 10.4 Å². The normalized spacial score (nSPS) is 35.0. The van der Waals surface area contributed by atoms with Crippen LogP contribution in [0.2, 0.25) is 0 Å². The molecule has 2 saturated heterocycles. The van der Waals surface area contributed by atoms with Gasteiger partial charge in [0.2, 0.25) is 0 Å². The largest absolute Gasteiger partial charge is 0.393 e. The van der Waals surface area contributed by atoms with Gasteiger partial charge in [0.25, 0.3) is 5.56 Å². The van der Waals surface area contributed by atoms with Gasteiger partial charge in [-0.1, -0.05) is 5.11 Å². The average molecular weight is 281 g/mol. The van der Waals surface area contributed by atoms with Gasteiger partial charge in [-0.3, -0.25) is 14.3 Å². The second-order valence-corrected chi connectivity index (χ2v) is 4.67. The molecule has 0 aliphatic carbocycles. The van der Waals surface area contributed by atoms with E-state index in [1.165, 1.54) is 12.3 Å². The van der Waals surface area contributed by atoms with Crippen molar-refractivity contribution in [2.75, 3.05) is 13.2 Å². The molecule has 2 fully saturated rings. The van der Waals surface area contributed by atoms with E-state index in [-0.39, 0.29) is 6.61 Å². The SMILES string of the molecule is [N-]=[N+]=NC1[C@H]2OC[C@]1(CO)O[C@H]2n1ccc(=O)[nH]c1=O. The Morgan fingerprint density at radius 1 is 1.65 bits per heavy atom. The number of aromatic nitrogens is 2. The minimum atomic E-state index is -1.16. The Morgan fingerprint density at radius 3 is 3.10 bits per heavy atom. The summed E-state index contributed by atoms with van der Waals surface area (Å²) in [5, 5.41) is 13.1. The quantitative estimate of drug-likeness (QED) is 0.409. The van der Waals surface area contributed by atoms with E-state index in [0.29, 0.717) is 0 Å². The van der Waals surface area contributed by atoms with Crippen molar-refractivity contribution >= 4 is 0 Å². The summed E-state index contributed by atoms with van der Waals surface area (Å²) in [5.41, 5.74) is 6.25. The van der Waals surface area contributed by atoms with Gasteiger partial charge in [-0.15, -0.1) is 0 Å². The predicted octanol–water partition coefficient (Wildman–Crippen LogP) is -1.13. The minimum absolute atomic E-state index is 0.0759. The molecule has 0 aromatic carbocycles. The molecule has 0 spiro atoms. The van der Waals surface area contributed by atoms with Crippen LogP contribution in [0, 0.1) is 0 Å². The molecular formula is C10H11N5O5. The van der Waals surface area contributed by atoms with Gasteiger partial charge < -0.3 is 14.6 Å². The van der Waals surface area contributed by atoms with E-state index in [1.54, 1.807) is 0 Å². The number of hydrogen-bond donors (Lipinski definition) is 2. The number of nitrogens with one attached hydrogen (secondary N) is 1. The number of rotatable bonds is 3. The smallest absolute Gasteiger partial charge is 0.330 e. The molecule has 1 unspecified atom stereocenters. The molecule has 20 heavy (non-hydrogen) atoms. The van der Waals surface area contributed by atoms with Crippen LogP contribution in [0.5, 0.6) is 0 Å². The highest BCUT2D eigenvalue weighted by molar-refractivity contribution is 5.11. The topological polar surface area (TPSA) is 142 Å². The first-order chi connectivity index (χ1) is 9.61. The molecule has 2 aliphatic heterocycles. The number of fused-ring (bicyclic) bond motifs is 2. The zero-order chi connectivity index (χ0) is 14.3. The van der Waals surface area contributed by atoms with E-state index in [0.717, 1.165) is 4.57 Å². The monoisotopic (exact) mass is 281 g/mol. The van der Waals surface area contributed by atoms with Gasteiger partial charge in [0.1, 0.15) is 17.7 Å². The Balaban J connectivity index is 2.04. The van der Waals surface area contributed by atoms with E-state index in [4.69, 9.17) is 15.0 Å². The van der Waals surface area contributed by atoms with Crippen molar-refractivity contribution in [3.8, 4) is 0 Å². The highest BCUT2D eigenvalue weighted by Crippen LogP contribution is 2.45. The fourth-order valence-electron chi connectivity index (χ4n) is 2.61. The molecule has 3 rings (SSSR count). The third-order valence-corrected chi connectivity index (χ3v) is 3.58. The zero-order valence-electron chi connectivity index (χ0n) is 10.2.